The van der Waals surface area contributed by atoms with Crippen molar-refractivity contribution >= 4 is 23.3 Å². The zero-order chi connectivity index (χ0) is 19.1. The Morgan fingerprint density at radius 1 is 1.15 bits per heavy atom. The molecule has 6 heteroatoms. The summed E-state index contributed by atoms with van der Waals surface area (Å²) in [5, 5.41) is 3.81. The average Bonchev–Trinajstić information content (AvgIpc) is 2.70. The first-order valence-electron chi connectivity index (χ1n) is 10.5. The van der Waals surface area contributed by atoms with E-state index in [0.29, 0.717) is 5.02 Å². The topological polar surface area (TPSA) is 48.5 Å². The lowest BCUT2D eigenvalue weighted by molar-refractivity contribution is -0.125. The van der Waals surface area contributed by atoms with Crippen LogP contribution >= 0.6 is 11.6 Å². The van der Waals surface area contributed by atoms with Gasteiger partial charge in [-0.05, 0) is 76.2 Å². The summed E-state index contributed by atoms with van der Waals surface area (Å²) in [7, 11) is 0. The average molecular weight is 393 g/mol. The predicted molar refractivity (Wildman–Crippen MR) is 111 cm³/mol. The molecule has 0 saturated carbocycles. The Morgan fingerprint density at radius 2 is 1.89 bits per heavy atom. The molecule has 27 heavy (non-hydrogen) atoms. The second-order valence-electron chi connectivity index (χ2n) is 8.12. The number of piperidine rings is 2. The predicted octanol–water partition coefficient (Wildman–Crippen LogP) is 3.58. The number of anilines is 1. The zero-order valence-electron chi connectivity index (χ0n) is 16.5. The number of rotatable bonds is 7. The molecule has 5 nitrogen and oxygen atoms in total. The van der Waals surface area contributed by atoms with Gasteiger partial charge in [-0.15, -0.1) is 0 Å². The number of pyridine rings is 1. The number of unbranched alkanes of at least 4 members (excludes halogenated alkanes) is 1. The monoisotopic (exact) mass is 392 g/mol. The van der Waals surface area contributed by atoms with Gasteiger partial charge in [-0.1, -0.05) is 18.5 Å². The zero-order valence-corrected chi connectivity index (χ0v) is 17.3. The SMILES string of the molecule is CC1CCN(CCCCNC(=O)C2CCN(c3ccc(Cl)cn3)CC2)CC1. The van der Waals surface area contributed by atoms with Crippen LogP contribution in [0.3, 0.4) is 0 Å². The van der Waals surface area contributed by atoms with E-state index in [2.05, 4.69) is 27.0 Å². The number of halogens is 1. The van der Waals surface area contributed by atoms with Crippen molar-refractivity contribution in [1.82, 2.24) is 15.2 Å². The normalized spacial score (nSPS) is 20.0. The second-order valence-corrected chi connectivity index (χ2v) is 8.55. The molecule has 0 aliphatic carbocycles. The van der Waals surface area contributed by atoms with Gasteiger partial charge >= 0.3 is 0 Å². The van der Waals surface area contributed by atoms with Crippen molar-refractivity contribution in [3.63, 3.8) is 0 Å². The van der Waals surface area contributed by atoms with Crippen LogP contribution in [0.2, 0.25) is 5.02 Å². The fourth-order valence-corrected chi connectivity index (χ4v) is 4.14. The van der Waals surface area contributed by atoms with Crippen LogP contribution in [0.5, 0.6) is 0 Å². The third-order valence-corrected chi connectivity index (χ3v) is 6.20. The molecular weight excluding hydrogens is 360 g/mol. The molecule has 150 valence electrons. The summed E-state index contributed by atoms with van der Waals surface area (Å²) in [4.78, 5) is 21.6. The molecule has 1 amide bonds. The molecule has 1 aromatic rings. The number of hydrogen-bond acceptors (Lipinski definition) is 4. The van der Waals surface area contributed by atoms with Gasteiger partial charge in [0.2, 0.25) is 5.91 Å². The molecule has 0 aromatic carbocycles. The van der Waals surface area contributed by atoms with Gasteiger partial charge in [-0.25, -0.2) is 4.98 Å². The fraction of sp³-hybridized carbons (Fsp3) is 0.714. The van der Waals surface area contributed by atoms with Crippen LogP contribution in [0.1, 0.15) is 45.4 Å². The summed E-state index contributed by atoms with van der Waals surface area (Å²) in [5.41, 5.74) is 0. The van der Waals surface area contributed by atoms with Crippen molar-refractivity contribution in [2.45, 2.75) is 45.4 Å². The van der Waals surface area contributed by atoms with Crippen molar-refractivity contribution in [2.75, 3.05) is 44.2 Å². The first-order valence-corrected chi connectivity index (χ1v) is 10.9. The number of hydrogen-bond donors (Lipinski definition) is 1. The van der Waals surface area contributed by atoms with Crippen molar-refractivity contribution in [2.24, 2.45) is 11.8 Å². The molecule has 1 N–H and O–H groups in total. The van der Waals surface area contributed by atoms with Crippen molar-refractivity contribution < 1.29 is 4.79 Å². The van der Waals surface area contributed by atoms with E-state index in [4.69, 9.17) is 11.6 Å². The Morgan fingerprint density at radius 3 is 2.56 bits per heavy atom. The summed E-state index contributed by atoms with van der Waals surface area (Å²) in [6.07, 6.45) is 8.38. The smallest absolute Gasteiger partial charge is 0.223 e. The first-order chi connectivity index (χ1) is 13.1. The van der Waals surface area contributed by atoms with Gasteiger partial charge in [0.1, 0.15) is 5.82 Å². The highest BCUT2D eigenvalue weighted by Gasteiger charge is 2.25. The van der Waals surface area contributed by atoms with Crippen LogP contribution in [-0.4, -0.2) is 55.1 Å². The Bertz CT molecular complexity index is 578. The standard InChI is InChI=1S/C21H33ClN4O/c1-17-6-12-25(13-7-17)11-3-2-10-23-21(27)18-8-14-26(15-9-18)20-5-4-19(22)16-24-20/h4-5,16-18H,2-3,6-15H2,1H3,(H,23,27). The largest absolute Gasteiger partial charge is 0.357 e. The fourth-order valence-electron chi connectivity index (χ4n) is 4.03. The number of aromatic nitrogens is 1. The van der Waals surface area contributed by atoms with E-state index < -0.39 is 0 Å². The molecule has 0 spiro atoms. The van der Waals surface area contributed by atoms with Gasteiger partial charge in [0.25, 0.3) is 0 Å². The highest BCUT2D eigenvalue weighted by atomic mass is 35.5. The van der Waals surface area contributed by atoms with E-state index in [1.165, 1.54) is 38.9 Å². The minimum Gasteiger partial charge on any atom is -0.357 e. The molecule has 3 rings (SSSR count). The van der Waals surface area contributed by atoms with Crippen LogP contribution in [0.4, 0.5) is 5.82 Å². The molecule has 0 unspecified atom stereocenters. The summed E-state index contributed by atoms with van der Waals surface area (Å²) < 4.78 is 0. The molecule has 1 aromatic heterocycles. The van der Waals surface area contributed by atoms with Crippen LogP contribution in [-0.2, 0) is 4.79 Å². The van der Waals surface area contributed by atoms with Crippen LogP contribution in [0.15, 0.2) is 18.3 Å². The first kappa shape index (κ1) is 20.4. The summed E-state index contributed by atoms with van der Waals surface area (Å²) in [5.74, 6) is 2.20. The van der Waals surface area contributed by atoms with Gasteiger partial charge < -0.3 is 15.1 Å². The molecule has 2 saturated heterocycles. The molecule has 2 fully saturated rings. The van der Waals surface area contributed by atoms with Crippen molar-refractivity contribution in [1.29, 1.82) is 0 Å². The second kappa shape index (κ2) is 10.3. The molecule has 0 atom stereocenters. The Hall–Kier alpha value is -1.33. The van der Waals surface area contributed by atoms with Gasteiger partial charge in [0.05, 0.1) is 5.02 Å². The molecule has 0 radical (unpaired) electrons. The van der Waals surface area contributed by atoms with Gasteiger partial charge in [-0.3, -0.25) is 4.79 Å². The summed E-state index contributed by atoms with van der Waals surface area (Å²) in [6.45, 7) is 8.57. The minimum atomic E-state index is 0.136. The molecule has 0 bridgehead atoms. The number of likely N-dealkylation sites (tertiary alicyclic amines) is 1. The van der Waals surface area contributed by atoms with Crippen molar-refractivity contribution in [3.05, 3.63) is 23.4 Å². The van der Waals surface area contributed by atoms with Crippen LogP contribution in [0, 0.1) is 11.8 Å². The third-order valence-electron chi connectivity index (χ3n) is 5.98. The maximum absolute atomic E-state index is 12.4. The number of amides is 1. The lowest BCUT2D eigenvalue weighted by Gasteiger charge is -2.32. The lowest BCUT2D eigenvalue weighted by Crippen LogP contribution is -2.41. The lowest BCUT2D eigenvalue weighted by atomic mass is 9.96. The van der Waals surface area contributed by atoms with Gasteiger partial charge in [0, 0.05) is 31.7 Å². The minimum absolute atomic E-state index is 0.136. The van der Waals surface area contributed by atoms with E-state index >= 15 is 0 Å². The highest BCUT2D eigenvalue weighted by molar-refractivity contribution is 6.30. The molecule has 3 heterocycles. The molecule has 2 aliphatic heterocycles. The number of carbonyl (C=O) groups is 1. The summed E-state index contributed by atoms with van der Waals surface area (Å²) in [6, 6.07) is 3.82. The molecule has 2 aliphatic rings. The maximum atomic E-state index is 12.4. The van der Waals surface area contributed by atoms with E-state index in [1.54, 1.807) is 6.20 Å². The van der Waals surface area contributed by atoms with Crippen LogP contribution < -0.4 is 10.2 Å². The Balaban J connectivity index is 1.28. The van der Waals surface area contributed by atoms with E-state index in [9.17, 15) is 4.79 Å². The quantitative estimate of drug-likeness (QED) is 0.720. The van der Waals surface area contributed by atoms with Crippen molar-refractivity contribution in [3.8, 4) is 0 Å². The number of carbonyl (C=O) groups excluding carboxylic acids is 1. The highest BCUT2D eigenvalue weighted by Crippen LogP contribution is 2.23. The van der Waals surface area contributed by atoms with E-state index in [0.717, 1.165) is 50.6 Å². The molecular formula is C21H33ClN4O. The van der Waals surface area contributed by atoms with E-state index in [1.807, 2.05) is 12.1 Å². The van der Waals surface area contributed by atoms with Crippen LogP contribution in [0.25, 0.3) is 0 Å². The Kier molecular flexibility index (Phi) is 7.77. The van der Waals surface area contributed by atoms with Gasteiger partial charge in [-0.2, -0.15) is 0 Å². The Labute approximate surface area is 168 Å². The number of nitrogens with zero attached hydrogens (tertiary/aromatic N) is 3. The number of nitrogens with one attached hydrogen (secondary N) is 1. The van der Waals surface area contributed by atoms with E-state index in [-0.39, 0.29) is 11.8 Å². The third kappa shape index (κ3) is 6.35. The maximum Gasteiger partial charge on any atom is 0.223 e. The van der Waals surface area contributed by atoms with Gasteiger partial charge in [0.15, 0.2) is 0 Å². The summed E-state index contributed by atoms with van der Waals surface area (Å²) >= 11 is 5.90.